The molecule has 6 nitrogen and oxygen atoms in total. The van der Waals surface area contributed by atoms with Gasteiger partial charge in [-0.2, -0.15) is 0 Å². The molecule has 0 aliphatic rings. The van der Waals surface area contributed by atoms with Gasteiger partial charge in [-0.05, 0) is 26.3 Å². The third-order valence-corrected chi connectivity index (χ3v) is 4.22. The number of hydrogen-bond acceptors (Lipinski definition) is 4. The lowest BCUT2D eigenvalue weighted by atomic mass is 10.3. The number of hydrogen-bond donors (Lipinski definition) is 2. The van der Waals surface area contributed by atoms with Crippen LogP contribution in [0.4, 0.5) is 0 Å². The number of aromatic nitrogens is 2. The molecule has 2 N–H and O–H groups in total. The summed E-state index contributed by atoms with van der Waals surface area (Å²) in [6.07, 6.45) is 3.31. The van der Waals surface area contributed by atoms with Crippen LogP contribution in [0, 0.1) is 6.92 Å². The van der Waals surface area contributed by atoms with Gasteiger partial charge in [-0.3, -0.25) is 0 Å². The molecule has 0 saturated heterocycles. The monoisotopic (exact) mass is 302 g/mol. The van der Waals surface area contributed by atoms with Crippen LogP contribution in [0.25, 0.3) is 0 Å². The summed E-state index contributed by atoms with van der Waals surface area (Å²) < 4.78 is 28.6. The van der Waals surface area contributed by atoms with Crippen molar-refractivity contribution in [2.24, 2.45) is 0 Å². The predicted molar refractivity (Wildman–Crippen MR) is 80.2 cm³/mol. The molecule has 0 amide bonds. The highest BCUT2D eigenvalue weighted by Crippen LogP contribution is 2.09. The van der Waals surface area contributed by atoms with Crippen LogP contribution in [0.2, 0.25) is 0 Å². The minimum atomic E-state index is -3.49. The van der Waals surface area contributed by atoms with Crippen LogP contribution >= 0.6 is 0 Å². The molecule has 0 aromatic carbocycles. The fourth-order valence-corrected chi connectivity index (χ4v) is 2.91. The van der Waals surface area contributed by atoms with E-state index in [2.05, 4.69) is 28.9 Å². The van der Waals surface area contributed by atoms with Gasteiger partial charge in [0.25, 0.3) is 10.0 Å². The van der Waals surface area contributed by atoms with Crippen LogP contribution in [0.3, 0.4) is 0 Å². The highest BCUT2D eigenvalue weighted by molar-refractivity contribution is 7.89. The maximum Gasteiger partial charge on any atom is 0.259 e. The van der Waals surface area contributed by atoms with Gasteiger partial charge in [-0.25, -0.2) is 18.1 Å². The molecule has 1 heterocycles. The SMILES string of the molecule is CCCn1cc(S(=O)(=O)NCCCNC(C)C)nc1C. The molecule has 0 spiro atoms. The van der Waals surface area contributed by atoms with E-state index < -0.39 is 10.0 Å². The van der Waals surface area contributed by atoms with Crippen molar-refractivity contribution in [1.29, 1.82) is 0 Å². The molecule has 0 unspecified atom stereocenters. The third-order valence-electron chi connectivity index (χ3n) is 2.89. The fourth-order valence-electron chi connectivity index (χ4n) is 1.84. The predicted octanol–water partition coefficient (Wildman–Crippen LogP) is 1.27. The summed E-state index contributed by atoms with van der Waals surface area (Å²) in [6, 6.07) is 0.416. The minimum Gasteiger partial charge on any atom is -0.334 e. The zero-order valence-electron chi connectivity index (χ0n) is 12.8. The van der Waals surface area contributed by atoms with Crippen molar-refractivity contribution in [3.05, 3.63) is 12.0 Å². The van der Waals surface area contributed by atoms with E-state index in [1.807, 2.05) is 18.4 Å². The summed E-state index contributed by atoms with van der Waals surface area (Å²) in [5.74, 6) is 0.730. The van der Waals surface area contributed by atoms with Crippen molar-refractivity contribution < 1.29 is 8.42 Å². The van der Waals surface area contributed by atoms with Crippen LogP contribution < -0.4 is 10.0 Å². The van der Waals surface area contributed by atoms with E-state index in [1.165, 1.54) is 0 Å². The topological polar surface area (TPSA) is 76.0 Å². The third kappa shape index (κ3) is 5.22. The van der Waals surface area contributed by atoms with Gasteiger partial charge in [-0.15, -0.1) is 0 Å². The van der Waals surface area contributed by atoms with Crippen molar-refractivity contribution in [1.82, 2.24) is 19.6 Å². The van der Waals surface area contributed by atoms with E-state index in [1.54, 1.807) is 6.20 Å². The maximum absolute atomic E-state index is 12.1. The lowest BCUT2D eigenvalue weighted by Gasteiger charge is -2.08. The lowest BCUT2D eigenvalue weighted by molar-refractivity contribution is 0.553. The summed E-state index contributed by atoms with van der Waals surface area (Å²) in [5.41, 5.74) is 0. The lowest BCUT2D eigenvalue weighted by Crippen LogP contribution is -2.30. The van der Waals surface area contributed by atoms with Crippen molar-refractivity contribution >= 4 is 10.0 Å². The summed E-state index contributed by atoms with van der Waals surface area (Å²) in [4.78, 5) is 4.12. The molecule has 0 atom stereocenters. The van der Waals surface area contributed by atoms with Gasteiger partial charge in [0.15, 0.2) is 5.03 Å². The number of nitrogens with zero attached hydrogens (tertiary/aromatic N) is 2. The molecular weight excluding hydrogens is 276 g/mol. The Labute approximate surface area is 122 Å². The first-order chi connectivity index (χ1) is 9.36. The van der Waals surface area contributed by atoms with Crippen LogP contribution in [0.5, 0.6) is 0 Å². The summed E-state index contributed by atoms with van der Waals surface area (Å²) in [6.45, 7) is 9.99. The second-order valence-electron chi connectivity index (χ2n) is 5.18. The minimum absolute atomic E-state index is 0.111. The smallest absolute Gasteiger partial charge is 0.259 e. The number of nitrogens with one attached hydrogen (secondary N) is 2. The van der Waals surface area contributed by atoms with E-state index in [9.17, 15) is 8.42 Å². The maximum atomic E-state index is 12.1. The summed E-state index contributed by atoms with van der Waals surface area (Å²) in [5, 5.41) is 3.36. The molecule has 0 radical (unpaired) electrons. The second kappa shape index (κ2) is 7.75. The molecule has 116 valence electrons. The van der Waals surface area contributed by atoms with Crippen molar-refractivity contribution in [3.8, 4) is 0 Å². The molecule has 7 heteroatoms. The Morgan fingerprint density at radius 1 is 1.35 bits per heavy atom. The molecular formula is C13H26N4O2S. The van der Waals surface area contributed by atoms with Gasteiger partial charge in [0.1, 0.15) is 5.82 Å². The molecule has 0 saturated carbocycles. The molecule has 0 bridgehead atoms. The van der Waals surface area contributed by atoms with Gasteiger partial charge in [-0.1, -0.05) is 20.8 Å². The van der Waals surface area contributed by atoms with Crippen LogP contribution in [-0.2, 0) is 16.6 Å². The molecule has 1 aromatic rings. The average molecular weight is 302 g/mol. The van der Waals surface area contributed by atoms with Gasteiger partial charge in [0.2, 0.25) is 0 Å². The number of imidazole rings is 1. The Morgan fingerprint density at radius 3 is 2.65 bits per heavy atom. The van der Waals surface area contributed by atoms with Crippen LogP contribution in [0.1, 0.15) is 39.4 Å². The average Bonchev–Trinajstić information content (AvgIpc) is 2.71. The fraction of sp³-hybridized carbons (Fsp3) is 0.769. The van der Waals surface area contributed by atoms with Crippen LogP contribution in [-0.4, -0.2) is 37.1 Å². The number of aryl methyl sites for hydroxylation is 2. The van der Waals surface area contributed by atoms with E-state index >= 15 is 0 Å². The first-order valence-electron chi connectivity index (χ1n) is 7.13. The number of rotatable bonds is 9. The standard InChI is InChI=1S/C13H26N4O2S/c1-5-9-17-10-13(16-12(17)4)20(18,19)15-8-6-7-14-11(2)3/h10-11,14-15H,5-9H2,1-4H3. The molecule has 0 aliphatic carbocycles. The molecule has 0 fully saturated rings. The zero-order valence-corrected chi connectivity index (χ0v) is 13.6. The Morgan fingerprint density at radius 2 is 2.05 bits per heavy atom. The van der Waals surface area contributed by atoms with Crippen molar-refractivity contribution in [3.63, 3.8) is 0 Å². The van der Waals surface area contributed by atoms with Gasteiger partial charge in [0, 0.05) is 25.3 Å². The first kappa shape index (κ1) is 17.1. The Hall–Kier alpha value is -0.920. The van der Waals surface area contributed by atoms with Gasteiger partial charge < -0.3 is 9.88 Å². The zero-order chi connectivity index (χ0) is 15.2. The van der Waals surface area contributed by atoms with Crippen LogP contribution in [0.15, 0.2) is 11.2 Å². The van der Waals surface area contributed by atoms with E-state index in [-0.39, 0.29) is 5.03 Å². The largest absolute Gasteiger partial charge is 0.334 e. The molecule has 20 heavy (non-hydrogen) atoms. The second-order valence-corrected chi connectivity index (χ2v) is 6.89. The number of sulfonamides is 1. The van der Waals surface area contributed by atoms with E-state index in [4.69, 9.17) is 0 Å². The normalized spacial score (nSPS) is 12.2. The van der Waals surface area contributed by atoms with E-state index in [0.717, 1.165) is 31.8 Å². The van der Waals surface area contributed by atoms with E-state index in [0.29, 0.717) is 12.6 Å². The molecule has 0 aliphatic heterocycles. The van der Waals surface area contributed by atoms with Gasteiger partial charge >= 0.3 is 0 Å². The molecule has 1 rings (SSSR count). The van der Waals surface area contributed by atoms with Crippen molar-refractivity contribution in [2.45, 2.75) is 58.1 Å². The first-order valence-corrected chi connectivity index (χ1v) is 8.62. The summed E-state index contributed by atoms with van der Waals surface area (Å²) in [7, 11) is -3.49. The summed E-state index contributed by atoms with van der Waals surface area (Å²) >= 11 is 0. The quantitative estimate of drug-likeness (QED) is 0.674. The Bertz CT molecular complexity index is 508. The van der Waals surface area contributed by atoms with Gasteiger partial charge in [0.05, 0.1) is 0 Å². The van der Waals surface area contributed by atoms with Crippen molar-refractivity contribution in [2.75, 3.05) is 13.1 Å². The Balaban J connectivity index is 2.54. The highest BCUT2D eigenvalue weighted by atomic mass is 32.2. The molecule has 1 aromatic heterocycles. The Kier molecular flexibility index (Phi) is 6.64. The highest BCUT2D eigenvalue weighted by Gasteiger charge is 2.18.